The van der Waals surface area contributed by atoms with E-state index >= 15 is 8.78 Å². The van der Waals surface area contributed by atoms with Crippen molar-refractivity contribution in [3.63, 3.8) is 0 Å². The second-order valence-electron chi connectivity index (χ2n) is 21.2. The minimum absolute atomic E-state index is 0.269. The van der Waals surface area contributed by atoms with Crippen LogP contribution >= 0.6 is 0 Å². The first-order valence-corrected chi connectivity index (χ1v) is 25.6. The third-order valence-electron chi connectivity index (χ3n) is 14.8. The number of alkyl halides is 8. The van der Waals surface area contributed by atoms with E-state index in [1.54, 1.807) is 23.6 Å². The van der Waals surface area contributed by atoms with Gasteiger partial charge in [0, 0.05) is 78.6 Å². The summed E-state index contributed by atoms with van der Waals surface area (Å²) in [6.45, 7) is 1.88. The van der Waals surface area contributed by atoms with Crippen molar-refractivity contribution >= 4 is 41.7 Å². The summed E-state index contributed by atoms with van der Waals surface area (Å²) in [5.41, 5.74) is 2.07. The first kappa shape index (κ1) is 64.0. The molecule has 448 valence electrons. The smallest absolute Gasteiger partial charge is 0.407 e. The number of hydrazine groups is 1. The molecule has 0 saturated carbocycles. The van der Waals surface area contributed by atoms with Crippen LogP contribution in [0.15, 0.2) is 59.7 Å². The van der Waals surface area contributed by atoms with Crippen molar-refractivity contribution in [1.29, 1.82) is 0 Å². The highest BCUT2D eigenvalue weighted by atomic mass is 19.4. The van der Waals surface area contributed by atoms with E-state index in [0.29, 0.717) is 80.3 Å². The topological polar surface area (TPSA) is 225 Å². The number of aliphatic hydroxyl groups is 1. The van der Waals surface area contributed by atoms with Gasteiger partial charge < -0.3 is 45.9 Å². The van der Waals surface area contributed by atoms with E-state index in [4.69, 9.17) is 15.5 Å². The summed E-state index contributed by atoms with van der Waals surface area (Å²) < 4.78 is 159. The van der Waals surface area contributed by atoms with E-state index in [9.17, 15) is 59.4 Å². The zero-order valence-corrected chi connectivity index (χ0v) is 45.7. The molecule has 18 nitrogen and oxygen atoms in total. The number of alkyl carbamates (subject to hydrolysis) is 2. The highest BCUT2D eigenvalue weighted by Gasteiger charge is 2.57. The number of nitrogens with two attached hydrogens (primary N) is 1. The molecule has 6 atom stereocenters. The average molecular weight is 1170 g/mol. The number of methoxy groups -OCH3 is 2. The first-order chi connectivity index (χ1) is 38.3. The molecule has 0 spiro atoms. The number of benzene rings is 2. The minimum atomic E-state index is -5.24. The third-order valence-corrected chi connectivity index (χ3v) is 14.8. The molecule has 3 aliphatic rings. The lowest BCUT2D eigenvalue weighted by atomic mass is 9.82. The number of carbonyl (C=O) groups excluding carboxylic acids is 4. The van der Waals surface area contributed by atoms with E-state index in [1.807, 2.05) is 23.7 Å². The summed E-state index contributed by atoms with van der Waals surface area (Å²) >= 11 is 0. The number of hydrogen-bond acceptors (Lipinski definition) is 14. The molecule has 2 aromatic carbocycles. The lowest BCUT2D eigenvalue weighted by Crippen LogP contribution is -2.63. The molecular formula is C54H64F10N10O8. The molecule has 3 aromatic rings. The van der Waals surface area contributed by atoms with Gasteiger partial charge in [0.1, 0.15) is 29.5 Å². The SMILES string of the molecule is COC(=O)N[C@H](C(=O)N[C@@H](Cc1ccc(C#Cc2cnc(N3CC4CCC(C3)N4C3COC3)cc2C)cc1)[C@@H](O)CN(Cc1c(F)cc(C(N)=CC=NC(F)F)cc1F)NC(=O)[C@@H](NC(=O)OC)C(C)(C)C(F)(F)F)C(C)(C)C(F)(F)F. The van der Waals surface area contributed by atoms with Crippen molar-refractivity contribution in [2.45, 2.75) is 122 Å². The van der Waals surface area contributed by atoms with Gasteiger partial charge >= 0.3 is 31.1 Å². The van der Waals surface area contributed by atoms with Crippen molar-refractivity contribution in [3.8, 4) is 11.8 Å². The predicted octanol–water partition coefficient (Wildman–Crippen LogP) is 6.26. The Balaban J connectivity index is 1.33. The van der Waals surface area contributed by atoms with Crippen molar-refractivity contribution in [3.05, 3.63) is 99.8 Å². The molecular weight excluding hydrogens is 1110 g/mol. The predicted molar refractivity (Wildman–Crippen MR) is 278 cm³/mol. The Hall–Kier alpha value is -7.22. The molecule has 4 heterocycles. The quantitative estimate of drug-likeness (QED) is 0.0242. The molecule has 6 rings (SSSR count). The molecule has 0 aliphatic carbocycles. The number of carbonyl (C=O) groups is 4. The minimum Gasteiger partial charge on any atom is -0.453 e. The molecule has 1 aromatic heterocycles. The van der Waals surface area contributed by atoms with E-state index in [0.717, 1.165) is 70.8 Å². The Labute approximate surface area is 466 Å². The molecule has 82 heavy (non-hydrogen) atoms. The number of anilines is 1. The number of nitrogens with one attached hydrogen (secondary N) is 4. The molecule has 4 amide bonds. The summed E-state index contributed by atoms with van der Waals surface area (Å²) in [5.74, 6) is 0.854. The average Bonchev–Trinajstić information content (AvgIpc) is 3.44. The van der Waals surface area contributed by atoms with Gasteiger partial charge in [0.05, 0.1) is 56.5 Å². The Morgan fingerprint density at radius 2 is 1.40 bits per heavy atom. The van der Waals surface area contributed by atoms with Crippen molar-refractivity contribution in [1.82, 2.24) is 36.3 Å². The lowest BCUT2D eigenvalue weighted by Gasteiger charge is -2.48. The van der Waals surface area contributed by atoms with E-state index in [-0.39, 0.29) is 5.56 Å². The number of amides is 4. The first-order valence-electron chi connectivity index (χ1n) is 25.6. The third kappa shape index (κ3) is 15.5. The maximum absolute atomic E-state index is 16.0. The Kier molecular flexibility index (Phi) is 20.6. The van der Waals surface area contributed by atoms with E-state index in [1.165, 1.54) is 12.1 Å². The summed E-state index contributed by atoms with van der Waals surface area (Å²) in [6, 6.07) is 3.76. The van der Waals surface area contributed by atoms with Crippen LogP contribution in [-0.2, 0) is 36.8 Å². The van der Waals surface area contributed by atoms with Crippen LogP contribution in [0.25, 0.3) is 5.70 Å². The number of allylic oxidation sites excluding steroid dienone is 1. The molecule has 2 unspecified atom stereocenters. The van der Waals surface area contributed by atoms with Crippen LogP contribution in [0.2, 0.25) is 0 Å². The molecule has 3 fully saturated rings. The van der Waals surface area contributed by atoms with Gasteiger partial charge in [-0.1, -0.05) is 24.0 Å². The Bertz CT molecular complexity index is 2870. The number of halogens is 10. The normalized spacial score (nSPS) is 18.7. The molecule has 0 radical (unpaired) electrons. The summed E-state index contributed by atoms with van der Waals surface area (Å²) in [7, 11) is 1.60. The standard InChI is InChI=1S/C54H64F10N10O8/c1-29-18-43(72-23-34-14-15-35(24-72)74(34)36-27-82-28-36)67-22-32(29)13-12-30-8-10-31(11-9-30)19-41(68-46(76)44(69-49(78)80-6)51(2,3)53(59,60)61)42(75)26-73(71-47(77)45(70-50(79)81-7)52(4,5)54(62,63)64)25-37-38(55)20-33(21-39(37)56)40(65)16-17-66-48(57)58/h8-11,16-18,20-22,34-36,41-42,44-45,48,75H,14-15,19,23-28,65H2,1-7H3,(H,68,76)(H,69,78)(H,70,79)(H,71,77)/t34?,35?,41-,42-,44+,45+/m0/s1. The molecule has 2 bridgehead atoms. The maximum atomic E-state index is 16.0. The van der Waals surface area contributed by atoms with Crippen LogP contribution in [0.4, 0.5) is 59.3 Å². The van der Waals surface area contributed by atoms with Crippen LogP contribution in [0.1, 0.15) is 73.9 Å². The van der Waals surface area contributed by atoms with Crippen LogP contribution in [0.5, 0.6) is 0 Å². The number of ether oxygens (including phenoxy) is 3. The Morgan fingerprint density at radius 3 is 1.89 bits per heavy atom. The number of pyridine rings is 1. The van der Waals surface area contributed by atoms with E-state index in [2.05, 4.69) is 41.4 Å². The number of hydrogen-bond donors (Lipinski definition) is 6. The van der Waals surface area contributed by atoms with Crippen LogP contribution in [-0.4, -0.2) is 159 Å². The highest BCUT2D eigenvalue weighted by Crippen LogP contribution is 2.42. The number of rotatable bonds is 20. The molecule has 3 saturated heterocycles. The van der Waals surface area contributed by atoms with Crippen molar-refractivity contribution < 1.29 is 82.4 Å². The largest absolute Gasteiger partial charge is 0.453 e. The van der Waals surface area contributed by atoms with Gasteiger partial charge in [-0.25, -0.2) is 33.4 Å². The summed E-state index contributed by atoms with van der Waals surface area (Å²) in [4.78, 5) is 65.3. The second kappa shape index (κ2) is 26.4. The lowest BCUT2D eigenvalue weighted by molar-refractivity contribution is -0.221. The zero-order valence-electron chi connectivity index (χ0n) is 45.7. The molecule has 7 N–H and O–H groups in total. The van der Waals surface area contributed by atoms with Gasteiger partial charge in [-0.2, -0.15) is 35.1 Å². The molecule has 28 heteroatoms. The summed E-state index contributed by atoms with van der Waals surface area (Å²) in [5, 5.41) is 18.5. The van der Waals surface area contributed by atoms with Crippen LogP contribution in [0.3, 0.4) is 0 Å². The monoisotopic (exact) mass is 1170 g/mol. The fourth-order valence-electron chi connectivity index (χ4n) is 9.57. The van der Waals surface area contributed by atoms with Gasteiger partial charge in [-0.3, -0.25) is 19.9 Å². The molecule has 3 aliphatic heterocycles. The number of fused-ring (bicyclic) bond motifs is 2. The highest BCUT2D eigenvalue weighted by molar-refractivity contribution is 5.87. The maximum Gasteiger partial charge on any atom is 0.407 e. The number of aliphatic imine (C=N–C) groups is 1. The fourth-order valence-corrected chi connectivity index (χ4v) is 9.57. The number of aromatic nitrogens is 1. The number of piperazine rings is 1. The number of aryl methyl sites for hydroxylation is 1. The van der Waals surface area contributed by atoms with Crippen LogP contribution < -0.4 is 32.0 Å². The van der Waals surface area contributed by atoms with Gasteiger partial charge in [-0.15, -0.1) is 0 Å². The fraction of sp³-hybridized carbons (Fsp3) is 0.519. The van der Waals surface area contributed by atoms with Crippen molar-refractivity contribution in [2.24, 2.45) is 21.6 Å². The van der Waals surface area contributed by atoms with Crippen molar-refractivity contribution in [2.75, 3.05) is 52.0 Å². The zero-order chi connectivity index (χ0) is 60.6. The van der Waals surface area contributed by atoms with Gasteiger partial charge in [-0.05, 0) is 101 Å². The number of aliphatic hydroxyl groups excluding tert-OH is 1. The number of nitrogens with zero attached hydrogens (tertiary/aromatic N) is 5. The van der Waals surface area contributed by atoms with Gasteiger partial charge in [0.25, 0.3) is 5.91 Å². The van der Waals surface area contributed by atoms with E-state index < -0.39 is 126 Å². The Morgan fingerprint density at radius 1 is 0.854 bits per heavy atom. The summed E-state index contributed by atoms with van der Waals surface area (Å²) in [6.07, 6.45) is -10.8. The second-order valence-corrected chi connectivity index (χ2v) is 21.2. The van der Waals surface area contributed by atoms with Gasteiger partial charge in [0.2, 0.25) is 5.91 Å². The van der Waals surface area contributed by atoms with Crippen LogP contribution in [0, 0.1) is 41.2 Å². The van der Waals surface area contributed by atoms with Gasteiger partial charge in [0.15, 0.2) is 0 Å².